The fourth-order valence-electron chi connectivity index (χ4n) is 2.84. The zero-order valence-corrected chi connectivity index (χ0v) is 16.0. The molecule has 1 aromatic heterocycles. The van der Waals surface area contributed by atoms with Crippen molar-refractivity contribution in [2.75, 3.05) is 24.6 Å². The van der Waals surface area contributed by atoms with E-state index in [0.717, 1.165) is 12.8 Å². The molecule has 28 heavy (non-hydrogen) atoms. The Balaban J connectivity index is 1.75. The predicted molar refractivity (Wildman–Crippen MR) is 97.3 cm³/mol. The molecule has 1 atom stereocenters. The summed E-state index contributed by atoms with van der Waals surface area (Å²) in [5, 5.41) is 2.73. The first-order valence-corrected chi connectivity index (χ1v) is 9.36. The number of amides is 2. The van der Waals surface area contributed by atoms with E-state index in [9.17, 15) is 18.4 Å². The van der Waals surface area contributed by atoms with Gasteiger partial charge in [0.15, 0.2) is 11.5 Å². The third-order valence-electron chi connectivity index (χ3n) is 4.79. The highest BCUT2D eigenvalue weighted by Gasteiger charge is 2.46. The molecule has 1 aromatic rings. The molecular formula is C18H25F2N5O3. The minimum atomic E-state index is -2.76. The van der Waals surface area contributed by atoms with Crippen LogP contribution in [0, 0.1) is 11.8 Å². The van der Waals surface area contributed by atoms with Crippen molar-refractivity contribution in [3.63, 3.8) is 0 Å². The van der Waals surface area contributed by atoms with E-state index in [1.807, 2.05) is 13.8 Å². The molecule has 0 radical (unpaired) electrons. The van der Waals surface area contributed by atoms with Crippen LogP contribution in [0.25, 0.3) is 0 Å². The van der Waals surface area contributed by atoms with Gasteiger partial charge in [0.1, 0.15) is 0 Å². The van der Waals surface area contributed by atoms with Gasteiger partial charge in [-0.1, -0.05) is 13.8 Å². The number of nitrogens with one attached hydrogen (secondary N) is 1. The second kappa shape index (κ2) is 7.84. The minimum Gasteiger partial charge on any atom is -0.475 e. The van der Waals surface area contributed by atoms with E-state index in [1.54, 1.807) is 0 Å². The molecular weight excluding hydrogens is 372 g/mol. The Bertz CT molecular complexity index is 747. The van der Waals surface area contributed by atoms with Gasteiger partial charge >= 0.3 is 0 Å². The maximum atomic E-state index is 13.2. The SMILES string of the molecule is CC(C)C(CC(N)=O)NC(=O)c1cnc(N2CC(F)(F)C2)c(OCC2CC2)n1. The van der Waals surface area contributed by atoms with Gasteiger partial charge in [-0.2, -0.15) is 0 Å². The van der Waals surface area contributed by atoms with Crippen LogP contribution >= 0.6 is 0 Å². The summed E-state index contributed by atoms with van der Waals surface area (Å²) in [4.78, 5) is 33.5. The van der Waals surface area contributed by atoms with E-state index < -0.39 is 36.9 Å². The Morgan fingerprint density at radius 3 is 2.61 bits per heavy atom. The second-order valence-electron chi connectivity index (χ2n) is 7.84. The number of nitrogens with zero attached hydrogens (tertiary/aromatic N) is 3. The van der Waals surface area contributed by atoms with Crippen molar-refractivity contribution in [2.45, 2.75) is 45.1 Å². The number of nitrogens with two attached hydrogens (primary N) is 1. The molecule has 0 aromatic carbocycles. The van der Waals surface area contributed by atoms with E-state index in [0.29, 0.717) is 12.5 Å². The van der Waals surface area contributed by atoms with E-state index in [4.69, 9.17) is 10.5 Å². The van der Waals surface area contributed by atoms with E-state index in [2.05, 4.69) is 15.3 Å². The van der Waals surface area contributed by atoms with Gasteiger partial charge in [-0.25, -0.2) is 18.7 Å². The van der Waals surface area contributed by atoms with Gasteiger partial charge in [-0.05, 0) is 24.7 Å². The molecule has 3 N–H and O–H groups in total. The molecule has 2 aliphatic rings. The highest BCUT2D eigenvalue weighted by atomic mass is 19.3. The minimum absolute atomic E-state index is 0.00279. The number of hydrogen-bond acceptors (Lipinski definition) is 6. The Morgan fingerprint density at radius 2 is 2.07 bits per heavy atom. The Labute approximate surface area is 161 Å². The molecule has 1 aliphatic carbocycles. The number of rotatable bonds is 9. The molecule has 1 saturated carbocycles. The summed E-state index contributed by atoms with van der Waals surface area (Å²) in [6, 6.07) is -0.448. The molecule has 8 nitrogen and oxygen atoms in total. The first-order chi connectivity index (χ1) is 13.1. The first-order valence-electron chi connectivity index (χ1n) is 9.36. The van der Waals surface area contributed by atoms with Crippen LogP contribution in [0.1, 0.15) is 43.6 Å². The molecule has 0 bridgehead atoms. The molecule has 2 heterocycles. The summed E-state index contributed by atoms with van der Waals surface area (Å²) < 4.78 is 32.1. The van der Waals surface area contributed by atoms with E-state index in [1.165, 1.54) is 11.1 Å². The number of ether oxygens (including phenoxy) is 1. The fourth-order valence-corrected chi connectivity index (χ4v) is 2.84. The molecule has 10 heteroatoms. The normalized spacial score (nSPS) is 19.1. The van der Waals surface area contributed by atoms with Crippen LogP contribution in [0.3, 0.4) is 0 Å². The zero-order chi connectivity index (χ0) is 20.5. The topological polar surface area (TPSA) is 110 Å². The van der Waals surface area contributed by atoms with Crippen molar-refractivity contribution in [1.82, 2.24) is 15.3 Å². The van der Waals surface area contributed by atoms with Gasteiger partial charge in [0, 0.05) is 12.5 Å². The smallest absolute Gasteiger partial charge is 0.282 e. The van der Waals surface area contributed by atoms with Crippen LogP contribution in [-0.2, 0) is 4.79 Å². The van der Waals surface area contributed by atoms with Gasteiger partial charge in [0.2, 0.25) is 5.91 Å². The molecule has 2 amide bonds. The lowest BCUT2D eigenvalue weighted by Crippen LogP contribution is -2.56. The summed E-state index contributed by atoms with van der Waals surface area (Å²) in [6.45, 7) is 3.21. The monoisotopic (exact) mass is 397 g/mol. The van der Waals surface area contributed by atoms with Crippen molar-refractivity contribution < 1.29 is 23.1 Å². The van der Waals surface area contributed by atoms with Crippen molar-refractivity contribution in [2.24, 2.45) is 17.6 Å². The van der Waals surface area contributed by atoms with Crippen LogP contribution in [0.15, 0.2) is 6.20 Å². The predicted octanol–water partition coefficient (Wildman–Crippen LogP) is 1.35. The van der Waals surface area contributed by atoms with Gasteiger partial charge in [-0.3, -0.25) is 9.59 Å². The van der Waals surface area contributed by atoms with Crippen LogP contribution in [-0.4, -0.2) is 53.4 Å². The van der Waals surface area contributed by atoms with Crippen molar-refractivity contribution >= 4 is 17.6 Å². The highest BCUT2D eigenvalue weighted by molar-refractivity contribution is 5.93. The lowest BCUT2D eigenvalue weighted by atomic mass is 10.0. The number of primary amides is 1. The second-order valence-corrected chi connectivity index (χ2v) is 7.84. The summed E-state index contributed by atoms with van der Waals surface area (Å²) >= 11 is 0. The maximum absolute atomic E-state index is 13.2. The largest absolute Gasteiger partial charge is 0.475 e. The highest BCUT2D eigenvalue weighted by Crippen LogP contribution is 2.36. The number of halogens is 2. The molecule has 2 fully saturated rings. The molecule has 1 aliphatic heterocycles. The third-order valence-corrected chi connectivity index (χ3v) is 4.79. The number of carbonyl (C=O) groups excluding carboxylic acids is 2. The summed E-state index contributed by atoms with van der Waals surface area (Å²) in [5.41, 5.74) is 5.23. The van der Waals surface area contributed by atoms with E-state index >= 15 is 0 Å². The average Bonchev–Trinajstić information content (AvgIpc) is 3.40. The molecule has 154 valence electrons. The zero-order valence-electron chi connectivity index (χ0n) is 16.0. The van der Waals surface area contributed by atoms with Gasteiger partial charge < -0.3 is 20.7 Å². The van der Waals surface area contributed by atoms with Crippen molar-refractivity contribution in [3.8, 4) is 5.88 Å². The Kier molecular flexibility index (Phi) is 5.66. The Hall–Kier alpha value is -2.52. The van der Waals surface area contributed by atoms with Crippen molar-refractivity contribution in [1.29, 1.82) is 0 Å². The van der Waals surface area contributed by atoms with Crippen LogP contribution in [0.5, 0.6) is 5.88 Å². The average molecular weight is 397 g/mol. The maximum Gasteiger partial charge on any atom is 0.282 e. The number of carbonyl (C=O) groups is 2. The number of aromatic nitrogens is 2. The molecule has 1 saturated heterocycles. The number of anilines is 1. The quantitative estimate of drug-likeness (QED) is 0.651. The molecule has 3 rings (SSSR count). The fraction of sp³-hybridized carbons (Fsp3) is 0.667. The summed E-state index contributed by atoms with van der Waals surface area (Å²) in [7, 11) is 0. The number of hydrogen-bond donors (Lipinski definition) is 2. The van der Waals surface area contributed by atoms with Crippen LogP contribution < -0.4 is 20.7 Å². The lowest BCUT2D eigenvalue weighted by molar-refractivity contribution is -0.118. The molecule has 1 unspecified atom stereocenters. The standard InChI is InChI=1S/C18H25F2N5O3/c1-10(2)12(5-14(21)26)23-16(27)13-6-22-15(25-8-18(19,20)9-25)17(24-13)28-7-11-3-4-11/h6,10-12H,3-5,7-9H2,1-2H3,(H2,21,26)(H,23,27). The van der Waals surface area contributed by atoms with Gasteiger partial charge in [0.25, 0.3) is 17.7 Å². The summed E-state index contributed by atoms with van der Waals surface area (Å²) in [6.07, 6.45) is 3.33. The van der Waals surface area contributed by atoms with Crippen LogP contribution in [0.2, 0.25) is 0 Å². The lowest BCUT2D eigenvalue weighted by Gasteiger charge is -2.39. The van der Waals surface area contributed by atoms with Crippen LogP contribution in [0.4, 0.5) is 14.6 Å². The third kappa shape index (κ3) is 5.05. The summed E-state index contributed by atoms with van der Waals surface area (Å²) in [5.74, 6) is -3.11. The van der Waals surface area contributed by atoms with Crippen molar-refractivity contribution in [3.05, 3.63) is 11.9 Å². The Morgan fingerprint density at radius 1 is 1.39 bits per heavy atom. The van der Waals surface area contributed by atoms with E-state index in [-0.39, 0.29) is 29.7 Å². The molecule has 0 spiro atoms. The first kappa shape index (κ1) is 20.2. The number of alkyl halides is 2. The van der Waals surface area contributed by atoms with Gasteiger partial charge in [0.05, 0.1) is 25.9 Å². The van der Waals surface area contributed by atoms with Gasteiger partial charge in [-0.15, -0.1) is 0 Å².